The van der Waals surface area contributed by atoms with Gasteiger partial charge < -0.3 is 9.84 Å². The predicted octanol–water partition coefficient (Wildman–Crippen LogP) is 2.35. The van der Waals surface area contributed by atoms with E-state index in [0.717, 1.165) is 0 Å². The average molecular weight is 351 g/mol. The van der Waals surface area contributed by atoms with E-state index in [2.05, 4.69) is 15.9 Å². The van der Waals surface area contributed by atoms with Crippen LogP contribution in [-0.4, -0.2) is 37.6 Å². The van der Waals surface area contributed by atoms with E-state index < -0.39 is 15.8 Å². The topological polar surface area (TPSA) is 80.7 Å². The SMILES string of the molecule is CCCS(=O)(=O)CCOc1ccc(C(=O)O)cc1Br. The molecule has 0 aliphatic rings. The molecular formula is C12H15BrO5S. The number of carboxylic acids is 1. The number of hydrogen-bond acceptors (Lipinski definition) is 4. The smallest absolute Gasteiger partial charge is 0.335 e. The molecule has 0 unspecified atom stereocenters. The Morgan fingerprint density at radius 2 is 2.05 bits per heavy atom. The van der Waals surface area contributed by atoms with Crippen molar-refractivity contribution < 1.29 is 23.1 Å². The van der Waals surface area contributed by atoms with Crippen molar-refractivity contribution in [2.75, 3.05) is 18.1 Å². The molecule has 1 N–H and O–H groups in total. The number of ether oxygens (including phenoxy) is 1. The van der Waals surface area contributed by atoms with E-state index in [1.54, 1.807) is 6.92 Å². The molecule has 19 heavy (non-hydrogen) atoms. The maximum absolute atomic E-state index is 11.5. The number of hydrogen-bond donors (Lipinski definition) is 1. The van der Waals surface area contributed by atoms with Crippen LogP contribution in [0.4, 0.5) is 0 Å². The second kappa shape index (κ2) is 6.91. The molecule has 0 aliphatic carbocycles. The first-order valence-electron chi connectivity index (χ1n) is 5.72. The molecule has 106 valence electrons. The molecule has 0 radical (unpaired) electrons. The highest BCUT2D eigenvalue weighted by molar-refractivity contribution is 9.10. The molecule has 1 aromatic rings. The number of aromatic carboxylic acids is 1. The van der Waals surface area contributed by atoms with E-state index in [-0.39, 0.29) is 23.7 Å². The summed E-state index contributed by atoms with van der Waals surface area (Å²) >= 11 is 3.19. The first-order valence-corrected chi connectivity index (χ1v) is 8.33. The highest BCUT2D eigenvalue weighted by Gasteiger charge is 2.11. The van der Waals surface area contributed by atoms with E-state index in [4.69, 9.17) is 9.84 Å². The van der Waals surface area contributed by atoms with Gasteiger partial charge >= 0.3 is 5.97 Å². The molecule has 0 fully saturated rings. The third kappa shape index (κ3) is 5.20. The maximum Gasteiger partial charge on any atom is 0.335 e. The van der Waals surface area contributed by atoms with Crippen molar-refractivity contribution in [1.29, 1.82) is 0 Å². The Kier molecular flexibility index (Phi) is 5.81. The molecule has 1 rings (SSSR count). The number of benzene rings is 1. The van der Waals surface area contributed by atoms with Crippen LogP contribution in [-0.2, 0) is 9.84 Å². The summed E-state index contributed by atoms with van der Waals surface area (Å²) in [5.74, 6) is -0.502. The fourth-order valence-corrected chi connectivity index (χ4v) is 3.10. The minimum Gasteiger partial charge on any atom is -0.491 e. The molecule has 0 saturated heterocycles. The van der Waals surface area contributed by atoms with Crippen LogP contribution in [0.25, 0.3) is 0 Å². The number of rotatable bonds is 7. The largest absolute Gasteiger partial charge is 0.491 e. The van der Waals surface area contributed by atoms with Gasteiger partial charge in [0, 0.05) is 0 Å². The van der Waals surface area contributed by atoms with Crippen molar-refractivity contribution in [3.63, 3.8) is 0 Å². The Hall–Kier alpha value is -1.08. The molecule has 0 spiro atoms. The van der Waals surface area contributed by atoms with Crippen LogP contribution < -0.4 is 4.74 Å². The van der Waals surface area contributed by atoms with E-state index >= 15 is 0 Å². The number of halogens is 1. The number of carboxylic acid groups (broad SMARTS) is 1. The van der Waals surface area contributed by atoms with Gasteiger partial charge in [-0.2, -0.15) is 0 Å². The summed E-state index contributed by atoms with van der Waals surface area (Å²) in [5, 5.41) is 8.80. The van der Waals surface area contributed by atoms with Crippen LogP contribution in [0.2, 0.25) is 0 Å². The van der Waals surface area contributed by atoms with Gasteiger partial charge in [-0.1, -0.05) is 6.92 Å². The van der Waals surface area contributed by atoms with Gasteiger partial charge in [0.25, 0.3) is 0 Å². The Bertz CT molecular complexity index is 553. The van der Waals surface area contributed by atoms with Gasteiger partial charge in [0.15, 0.2) is 9.84 Å². The van der Waals surface area contributed by atoms with Gasteiger partial charge in [0.05, 0.1) is 21.5 Å². The second-order valence-electron chi connectivity index (χ2n) is 3.95. The first-order chi connectivity index (χ1) is 8.85. The highest BCUT2D eigenvalue weighted by Crippen LogP contribution is 2.26. The lowest BCUT2D eigenvalue weighted by Gasteiger charge is -2.09. The zero-order chi connectivity index (χ0) is 14.5. The van der Waals surface area contributed by atoms with Gasteiger partial charge in [-0.15, -0.1) is 0 Å². The summed E-state index contributed by atoms with van der Waals surface area (Å²) in [5.41, 5.74) is 0.137. The minimum atomic E-state index is -3.07. The van der Waals surface area contributed by atoms with Gasteiger partial charge in [0.2, 0.25) is 0 Å². The van der Waals surface area contributed by atoms with Crippen LogP contribution in [0, 0.1) is 0 Å². The lowest BCUT2D eigenvalue weighted by Crippen LogP contribution is -2.16. The zero-order valence-corrected chi connectivity index (χ0v) is 12.8. The molecule has 0 aliphatic heterocycles. The molecule has 7 heteroatoms. The van der Waals surface area contributed by atoms with Gasteiger partial charge in [-0.3, -0.25) is 0 Å². The van der Waals surface area contributed by atoms with Crippen LogP contribution in [0.5, 0.6) is 5.75 Å². The fourth-order valence-electron chi connectivity index (χ4n) is 1.44. The third-order valence-corrected chi connectivity index (χ3v) is 4.78. The van der Waals surface area contributed by atoms with Crippen LogP contribution in [0.1, 0.15) is 23.7 Å². The van der Waals surface area contributed by atoms with E-state index in [1.807, 2.05) is 0 Å². The van der Waals surface area contributed by atoms with Crippen molar-refractivity contribution in [2.45, 2.75) is 13.3 Å². The molecular weight excluding hydrogens is 336 g/mol. The van der Waals surface area contributed by atoms with Crippen molar-refractivity contribution in [2.24, 2.45) is 0 Å². The molecule has 0 bridgehead atoms. The van der Waals surface area contributed by atoms with E-state index in [0.29, 0.717) is 16.6 Å². The lowest BCUT2D eigenvalue weighted by atomic mass is 10.2. The molecule has 0 aromatic heterocycles. The van der Waals surface area contributed by atoms with Gasteiger partial charge in [-0.25, -0.2) is 13.2 Å². The highest BCUT2D eigenvalue weighted by atomic mass is 79.9. The quantitative estimate of drug-likeness (QED) is 0.816. The van der Waals surface area contributed by atoms with E-state index in [9.17, 15) is 13.2 Å². The molecule has 5 nitrogen and oxygen atoms in total. The molecule has 0 saturated carbocycles. The molecule has 1 aromatic carbocycles. The summed E-state index contributed by atoms with van der Waals surface area (Å²) in [4.78, 5) is 10.7. The number of carbonyl (C=O) groups is 1. The monoisotopic (exact) mass is 350 g/mol. The number of sulfone groups is 1. The third-order valence-electron chi connectivity index (χ3n) is 2.35. The Morgan fingerprint density at radius 3 is 2.58 bits per heavy atom. The predicted molar refractivity (Wildman–Crippen MR) is 75.5 cm³/mol. The first kappa shape index (κ1) is 16.0. The lowest BCUT2D eigenvalue weighted by molar-refractivity contribution is 0.0696. The summed E-state index contributed by atoms with van der Waals surface area (Å²) in [7, 11) is -3.07. The summed E-state index contributed by atoms with van der Waals surface area (Å²) in [6, 6.07) is 4.32. The molecule has 0 amide bonds. The second-order valence-corrected chi connectivity index (χ2v) is 7.11. The fraction of sp³-hybridized carbons (Fsp3) is 0.417. The van der Waals surface area contributed by atoms with Crippen molar-refractivity contribution in [3.05, 3.63) is 28.2 Å². The van der Waals surface area contributed by atoms with Crippen LogP contribution in [0.3, 0.4) is 0 Å². The molecule has 0 heterocycles. The summed E-state index contributed by atoms with van der Waals surface area (Å²) < 4.78 is 28.8. The maximum atomic E-state index is 11.5. The average Bonchev–Trinajstić information content (AvgIpc) is 2.30. The van der Waals surface area contributed by atoms with Crippen molar-refractivity contribution in [3.8, 4) is 5.75 Å². The Balaban J connectivity index is 2.62. The van der Waals surface area contributed by atoms with Crippen LogP contribution >= 0.6 is 15.9 Å². The Labute approximate surface area is 120 Å². The van der Waals surface area contributed by atoms with E-state index in [1.165, 1.54) is 18.2 Å². The Morgan fingerprint density at radius 1 is 1.37 bits per heavy atom. The molecule has 0 atom stereocenters. The van der Waals surface area contributed by atoms with Gasteiger partial charge in [-0.05, 0) is 40.5 Å². The summed E-state index contributed by atoms with van der Waals surface area (Å²) in [6.07, 6.45) is 0.583. The van der Waals surface area contributed by atoms with Crippen LogP contribution in [0.15, 0.2) is 22.7 Å². The normalized spacial score (nSPS) is 11.3. The summed E-state index contributed by atoms with van der Waals surface area (Å²) in [6.45, 7) is 1.85. The van der Waals surface area contributed by atoms with Crippen molar-refractivity contribution >= 4 is 31.7 Å². The van der Waals surface area contributed by atoms with Crippen molar-refractivity contribution in [1.82, 2.24) is 0 Å². The zero-order valence-electron chi connectivity index (χ0n) is 10.4. The van der Waals surface area contributed by atoms with Gasteiger partial charge in [0.1, 0.15) is 12.4 Å². The minimum absolute atomic E-state index is 0.0477. The standard InChI is InChI=1S/C12H15BrO5S/c1-2-6-19(16,17)7-5-18-11-4-3-9(12(14)15)8-10(11)13/h3-4,8H,2,5-7H2,1H3,(H,14,15).